The highest BCUT2D eigenvalue weighted by molar-refractivity contribution is 7.91. The Balaban J connectivity index is 1.84. The maximum absolute atomic E-state index is 13.7. The minimum atomic E-state index is -4.99. The van der Waals surface area contributed by atoms with Gasteiger partial charge in [-0.15, -0.1) is 11.3 Å². The second-order valence-corrected chi connectivity index (χ2v) is 11.8. The zero-order valence-electron chi connectivity index (χ0n) is 23.3. The number of primary amides is 1. The molecule has 0 radical (unpaired) electrons. The summed E-state index contributed by atoms with van der Waals surface area (Å²) in [7, 11) is -1.81. The van der Waals surface area contributed by atoms with Crippen molar-refractivity contribution in [2.24, 2.45) is 5.73 Å². The number of hydrogen-bond donors (Lipinski definition) is 2. The van der Waals surface area contributed by atoms with Gasteiger partial charge in [-0.3, -0.25) is 9.59 Å². The van der Waals surface area contributed by atoms with Gasteiger partial charge in [0.1, 0.15) is 10.7 Å². The third-order valence-electron chi connectivity index (χ3n) is 5.87. The Hall–Kier alpha value is -4.25. The van der Waals surface area contributed by atoms with Crippen molar-refractivity contribution in [3.8, 4) is 22.8 Å². The van der Waals surface area contributed by atoms with Crippen LogP contribution in [0.3, 0.4) is 0 Å². The van der Waals surface area contributed by atoms with E-state index in [9.17, 15) is 36.0 Å². The molecule has 1 aromatic carbocycles. The van der Waals surface area contributed by atoms with Gasteiger partial charge in [0.25, 0.3) is 5.91 Å². The summed E-state index contributed by atoms with van der Waals surface area (Å²) in [5, 5.41) is 1.36. The number of amides is 2. The van der Waals surface area contributed by atoms with Crippen LogP contribution in [0.1, 0.15) is 51.1 Å². The van der Waals surface area contributed by atoms with Gasteiger partial charge in [0, 0.05) is 12.0 Å². The average Bonchev–Trinajstić information content (AvgIpc) is 3.27. The van der Waals surface area contributed by atoms with Crippen molar-refractivity contribution < 1.29 is 50.2 Å². The van der Waals surface area contributed by atoms with Gasteiger partial charge < -0.3 is 25.3 Å². The monoisotopic (exact) mass is 644 g/mol. The first kappa shape index (κ1) is 33.3. The molecule has 0 atom stereocenters. The summed E-state index contributed by atoms with van der Waals surface area (Å²) < 4.78 is 82.3. The Bertz CT molecular complexity index is 1660. The number of nitrogens with one attached hydrogen (secondary N) is 1. The van der Waals surface area contributed by atoms with E-state index in [-0.39, 0.29) is 51.0 Å². The Kier molecular flexibility index (Phi) is 10.3. The third kappa shape index (κ3) is 7.78. The molecule has 0 saturated heterocycles. The van der Waals surface area contributed by atoms with Crippen LogP contribution in [0.25, 0.3) is 11.3 Å². The van der Waals surface area contributed by atoms with Crippen LogP contribution >= 0.6 is 11.3 Å². The van der Waals surface area contributed by atoms with Crippen molar-refractivity contribution in [3.05, 3.63) is 46.0 Å². The summed E-state index contributed by atoms with van der Waals surface area (Å²) in [5.74, 6) is -2.65. The molecule has 0 saturated carbocycles. The van der Waals surface area contributed by atoms with Crippen LogP contribution in [-0.4, -0.2) is 62.7 Å². The highest BCUT2D eigenvalue weighted by Gasteiger charge is 2.35. The fourth-order valence-electron chi connectivity index (χ4n) is 3.84. The van der Waals surface area contributed by atoms with Crippen LogP contribution in [0.15, 0.2) is 29.4 Å². The fraction of sp³-hybridized carbons (Fsp3) is 0.346. The van der Waals surface area contributed by atoms with E-state index in [2.05, 4.69) is 15.3 Å². The molecule has 12 nitrogen and oxygen atoms in total. The van der Waals surface area contributed by atoms with Crippen molar-refractivity contribution in [2.45, 2.75) is 38.0 Å². The van der Waals surface area contributed by atoms with E-state index in [1.54, 1.807) is 6.92 Å². The molecule has 43 heavy (non-hydrogen) atoms. The van der Waals surface area contributed by atoms with E-state index in [0.29, 0.717) is 11.8 Å². The number of anilines is 1. The number of carbonyl (C=O) groups is 3. The maximum atomic E-state index is 13.7. The second-order valence-electron chi connectivity index (χ2n) is 8.80. The lowest BCUT2D eigenvalue weighted by Gasteiger charge is -2.13. The molecule has 0 aliphatic rings. The summed E-state index contributed by atoms with van der Waals surface area (Å²) in [6.45, 7) is 3.05. The first-order valence-corrected chi connectivity index (χ1v) is 14.9. The molecular weight excluding hydrogens is 617 g/mol. The fourth-order valence-corrected chi connectivity index (χ4v) is 6.09. The number of halogens is 3. The molecule has 0 aliphatic carbocycles. The van der Waals surface area contributed by atoms with Crippen molar-refractivity contribution >= 4 is 44.0 Å². The number of methoxy groups -OCH3 is 2. The predicted octanol–water partition coefficient (Wildman–Crippen LogP) is 4.02. The highest BCUT2D eigenvalue weighted by atomic mass is 32.2. The largest absolute Gasteiger partial charge is 0.493 e. The summed E-state index contributed by atoms with van der Waals surface area (Å²) in [4.78, 5) is 43.9. The maximum Gasteiger partial charge on any atom is 0.433 e. The number of thiophene rings is 1. The van der Waals surface area contributed by atoms with Gasteiger partial charge in [-0.2, -0.15) is 13.2 Å². The first-order chi connectivity index (χ1) is 20.1. The van der Waals surface area contributed by atoms with Crippen molar-refractivity contribution in [1.29, 1.82) is 0 Å². The van der Waals surface area contributed by atoms with Crippen molar-refractivity contribution in [2.75, 3.05) is 31.9 Å². The Morgan fingerprint density at radius 3 is 2.33 bits per heavy atom. The smallest absolute Gasteiger partial charge is 0.433 e. The minimum absolute atomic E-state index is 0.0154. The van der Waals surface area contributed by atoms with Gasteiger partial charge >= 0.3 is 12.1 Å². The number of esters is 1. The molecule has 232 valence electrons. The average molecular weight is 645 g/mol. The zero-order valence-corrected chi connectivity index (χ0v) is 25.0. The number of nitrogens with zero attached hydrogens (tertiary/aromatic N) is 2. The van der Waals surface area contributed by atoms with Crippen LogP contribution in [0.4, 0.5) is 18.2 Å². The van der Waals surface area contributed by atoms with E-state index in [0.717, 1.165) is 11.3 Å². The normalized spacial score (nSPS) is 11.6. The Morgan fingerprint density at radius 1 is 1.07 bits per heavy atom. The molecule has 0 spiro atoms. The lowest BCUT2D eigenvalue weighted by Crippen LogP contribution is -2.19. The van der Waals surface area contributed by atoms with Crippen LogP contribution < -0.4 is 20.5 Å². The van der Waals surface area contributed by atoms with Crippen LogP contribution in [0.5, 0.6) is 11.5 Å². The molecule has 2 aromatic heterocycles. The SMILES string of the molecule is CCOC(=O)c1c(NC(=O)CCCS(=O)(=O)c2nc(-c3ccc(OC)c(OC)c3)cc(C(F)(F)F)n2)sc(C(N)=O)c1C. The molecule has 17 heteroatoms. The van der Waals surface area contributed by atoms with E-state index in [1.807, 2.05) is 0 Å². The standard InChI is InChI=1S/C26H27F3N4O8S2/c1-5-41-24(36)20-13(2)21(22(30)35)42-23(20)33-19(34)7-6-10-43(37,38)25-31-15(12-18(32-25)26(27,28)29)14-8-9-16(39-3)17(11-14)40-4/h8-9,11-12H,5-7,10H2,1-4H3,(H2,30,35)(H,33,34). The summed E-state index contributed by atoms with van der Waals surface area (Å²) >= 11 is 0.752. The van der Waals surface area contributed by atoms with E-state index < -0.39 is 56.8 Å². The molecule has 2 heterocycles. The third-order valence-corrected chi connectivity index (χ3v) is 8.66. The van der Waals surface area contributed by atoms with Gasteiger partial charge in [0.15, 0.2) is 11.5 Å². The number of sulfone groups is 1. The van der Waals surface area contributed by atoms with E-state index >= 15 is 0 Å². The highest BCUT2D eigenvalue weighted by Crippen LogP contribution is 2.36. The van der Waals surface area contributed by atoms with Crippen LogP contribution in [0, 0.1) is 6.92 Å². The van der Waals surface area contributed by atoms with Crippen LogP contribution in [-0.2, 0) is 25.5 Å². The molecule has 0 unspecified atom stereocenters. The molecule has 2 amide bonds. The number of aromatic nitrogens is 2. The molecule has 3 aromatic rings. The lowest BCUT2D eigenvalue weighted by atomic mass is 10.1. The van der Waals surface area contributed by atoms with Gasteiger partial charge in [-0.1, -0.05) is 0 Å². The lowest BCUT2D eigenvalue weighted by molar-refractivity contribution is -0.141. The van der Waals surface area contributed by atoms with Crippen LogP contribution in [0.2, 0.25) is 0 Å². The molecule has 3 rings (SSSR count). The molecule has 3 N–H and O–H groups in total. The van der Waals surface area contributed by atoms with Gasteiger partial charge in [-0.25, -0.2) is 23.2 Å². The van der Waals surface area contributed by atoms with E-state index in [1.165, 1.54) is 39.3 Å². The molecule has 0 fully saturated rings. The van der Waals surface area contributed by atoms with E-state index in [4.69, 9.17) is 19.9 Å². The number of nitrogens with two attached hydrogens (primary N) is 1. The molecular formula is C26H27F3N4O8S2. The number of hydrogen-bond acceptors (Lipinski definition) is 11. The first-order valence-electron chi connectivity index (χ1n) is 12.4. The van der Waals surface area contributed by atoms with Gasteiger partial charge in [0.2, 0.25) is 20.9 Å². The number of ether oxygens (including phenoxy) is 3. The van der Waals surface area contributed by atoms with Crippen molar-refractivity contribution in [3.63, 3.8) is 0 Å². The summed E-state index contributed by atoms with van der Waals surface area (Å²) in [6, 6.07) is 4.75. The number of alkyl halides is 3. The summed E-state index contributed by atoms with van der Waals surface area (Å²) in [5.41, 5.74) is 3.79. The number of benzene rings is 1. The van der Waals surface area contributed by atoms with Crippen molar-refractivity contribution in [1.82, 2.24) is 9.97 Å². The quantitative estimate of drug-likeness (QED) is 0.216. The van der Waals surface area contributed by atoms with Gasteiger partial charge in [-0.05, 0) is 50.1 Å². The topological polar surface area (TPSA) is 177 Å². The number of rotatable bonds is 12. The minimum Gasteiger partial charge on any atom is -0.493 e. The number of carbonyl (C=O) groups excluding carboxylic acids is 3. The Morgan fingerprint density at radius 2 is 1.74 bits per heavy atom. The Labute approximate surface area is 248 Å². The van der Waals surface area contributed by atoms with Gasteiger partial charge in [0.05, 0.1) is 42.7 Å². The predicted molar refractivity (Wildman–Crippen MR) is 149 cm³/mol. The zero-order chi connectivity index (χ0) is 32.1. The molecule has 0 bridgehead atoms. The second kappa shape index (κ2) is 13.4. The summed E-state index contributed by atoms with van der Waals surface area (Å²) in [6.07, 6.45) is -5.73. The molecule has 0 aliphatic heterocycles.